The van der Waals surface area contributed by atoms with E-state index in [0.717, 1.165) is 11.1 Å². The first kappa shape index (κ1) is 13.4. The molecule has 0 aliphatic carbocycles. The first-order valence-electron chi connectivity index (χ1n) is 5.91. The molecular formula is C15H15ClN2O. The average Bonchev–Trinajstić information content (AvgIpc) is 2.37. The smallest absolute Gasteiger partial charge is 0.256 e. The predicted octanol–water partition coefficient (Wildman–Crippen LogP) is 3.79. The lowest BCUT2D eigenvalue weighted by atomic mass is 10.1. The summed E-state index contributed by atoms with van der Waals surface area (Å²) >= 11 is 6.09. The van der Waals surface area contributed by atoms with Gasteiger partial charge in [0.05, 0.1) is 10.7 Å². The predicted molar refractivity (Wildman–Crippen MR) is 79.7 cm³/mol. The Bertz CT molecular complexity index is 618. The van der Waals surface area contributed by atoms with E-state index in [1.807, 2.05) is 32.0 Å². The van der Waals surface area contributed by atoms with Crippen molar-refractivity contribution in [3.8, 4) is 0 Å². The SMILES string of the molecule is Cc1ccc(N)cc1C(=O)Nc1c(C)cccc1Cl. The van der Waals surface area contributed by atoms with Crippen LogP contribution in [0, 0.1) is 13.8 Å². The molecule has 98 valence electrons. The summed E-state index contributed by atoms with van der Waals surface area (Å²) in [5.41, 5.74) is 9.25. The number of halogens is 1. The number of aryl methyl sites for hydroxylation is 2. The third kappa shape index (κ3) is 2.88. The summed E-state index contributed by atoms with van der Waals surface area (Å²) < 4.78 is 0. The van der Waals surface area contributed by atoms with Crippen molar-refractivity contribution in [2.75, 3.05) is 11.1 Å². The van der Waals surface area contributed by atoms with Crippen LogP contribution in [0.15, 0.2) is 36.4 Å². The van der Waals surface area contributed by atoms with Crippen LogP contribution in [-0.4, -0.2) is 5.91 Å². The Labute approximate surface area is 117 Å². The lowest BCUT2D eigenvalue weighted by Gasteiger charge is -2.12. The van der Waals surface area contributed by atoms with Crippen molar-refractivity contribution in [3.63, 3.8) is 0 Å². The second-order valence-corrected chi connectivity index (χ2v) is 4.87. The molecule has 0 heterocycles. The number of benzene rings is 2. The van der Waals surface area contributed by atoms with Crippen LogP contribution in [0.1, 0.15) is 21.5 Å². The topological polar surface area (TPSA) is 55.1 Å². The lowest BCUT2D eigenvalue weighted by molar-refractivity contribution is 0.102. The molecule has 0 fully saturated rings. The average molecular weight is 275 g/mol. The van der Waals surface area contributed by atoms with E-state index in [2.05, 4.69) is 5.32 Å². The minimum Gasteiger partial charge on any atom is -0.399 e. The molecule has 0 atom stereocenters. The van der Waals surface area contributed by atoms with Crippen molar-refractivity contribution < 1.29 is 4.79 Å². The fourth-order valence-corrected chi connectivity index (χ4v) is 2.12. The van der Waals surface area contributed by atoms with Gasteiger partial charge in [0.15, 0.2) is 0 Å². The van der Waals surface area contributed by atoms with Crippen LogP contribution in [0.3, 0.4) is 0 Å². The number of nitrogen functional groups attached to an aromatic ring is 1. The number of carbonyl (C=O) groups excluding carboxylic acids is 1. The summed E-state index contributed by atoms with van der Waals surface area (Å²) in [6.07, 6.45) is 0. The monoisotopic (exact) mass is 274 g/mol. The van der Waals surface area contributed by atoms with Gasteiger partial charge < -0.3 is 11.1 Å². The van der Waals surface area contributed by atoms with Crippen molar-refractivity contribution in [2.45, 2.75) is 13.8 Å². The number of hydrogen-bond acceptors (Lipinski definition) is 2. The van der Waals surface area contributed by atoms with Gasteiger partial charge in [-0.1, -0.05) is 29.8 Å². The van der Waals surface area contributed by atoms with E-state index in [1.165, 1.54) is 0 Å². The highest BCUT2D eigenvalue weighted by molar-refractivity contribution is 6.34. The van der Waals surface area contributed by atoms with Gasteiger partial charge >= 0.3 is 0 Å². The van der Waals surface area contributed by atoms with Crippen LogP contribution in [0.2, 0.25) is 5.02 Å². The van der Waals surface area contributed by atoms with Gasteiger partial charge in [0, 0.05) is 11.3 Å². The quantitative estimate of drug-likeness (QED) is 0.819. The number of rotatable bonds is 2. The molecule has 2 aromatic rings. The summed E-state index contributed by atoms with van der Waals surface area (Å²) in [5, 5.41) is 3.36. The highest BCUT2D eigenvalue weighted by Crippen LogP contribution is 2.26. The molecule has 0 radical (unpaired) electrons. The summed E-state index contributed by atoms with van der Waals surface area (Å²) in [6.45, 7) is 3.77. The Kier molecular flexibility index (Phi) is 3.76. The highest BCUT2D eigenvalue weighted by Gasteiger charge is 2.12. The first-order valence-corrected chi connectivity index (χ1v) is 6.29. The molecule has 1 amide bonds. The molecule has 0 saturated heterocycles. The van der Waals surface area contributed by atoms with Crippen molar-refractivity contribution >= 4 is 28.9 Å². The fraction of sp³-hybridized carbons (Fsp3) is 0.133. The maximum Gasteiger partial charge on any atom is 0.256 e. The zero-order chi connectivity index (χ0) is 14.0. The maximum atomic E-state index is 12.3. The largest absolute Gasteiger partial charge is 0.399 e. The van der Waals surface area contributed by atoms with Gasteiger partial charge in [0.2, 0.25) is 0 Å². The number of amides is 1. The number of anilines is 2. The lowest BCUT2D eigenvalue weighted by Crippen LogP contribution is -2.14. The molecule has 0 aliphatic rings. The zero-order valence-corrected chi connectivity index (χ0v) is 11.6. The first-order chi connectivity index (χ1) is 8.99. The van der Waals surface area contributed by atoms with Crippen LogP contribution >= 0.6 is 11.6 Å². The van der Waals surface area contributed by atoms with E-state index in [1.54, 1.807) is 18.2 Å². The molecule has 0 aliphatic heterocycles. The summed E-state index contributed by atoms with van der Waals surface area (Å²) in [7, 11) is 0. The summed E-state index contributed by atoms with van der Waals surface area (Å²) in [6, 6.07) is 10.7. The third-order valence-electron chi connectivity index (χ3n) is 2.97. The third-order valence-corrected chi connectivity index (χ3v) is 3.28. The molecule has 0 bridgehead atoms. The molecule has 19 heavy (non-hydrogen) atoms. The van der Waals surface area contributed by atoms with Crippen molar-refractivity contribution in [1.29, 1.82) is 0 Å². The zero-order valence-electron chi connectivity index (χ0n) is 10.8. The van der Waals surface area contributed by atoms with Crippen molar-refractivity contribution in [2.24, 2.45) is 0 Å². The standard InChI is InChI=1S/C15H15ClN2O/c1-9-6-7-11(17)8-12(9)15(19)18-14-10(2)4-3-5-13(14)16/h3-8H,17H2,1-2H3,(H,18,19). The fourth-order valence-electron chi connectivity index (χ4n) is 1.86. The number of para-hydroxylation sites is 1. The van der Waals surface area contributed by atoms with Gasteiger partial charge in [-0.3, -0.25) is 4.79 Å². The number of carbonyl (C=O) groups is 1. The molecule has 0 unspecified atom stereocenters. The van der Waals surface area contributed by atoms with Gasteiger partial charge in [-0.2, -0.15) is 0 Å². The van der Waals surface area contributed by atoms with E-state index in [0.29, 0.717) is 22.0 Å². The Morgan fingerprint density at radius 2 is 1.89 bits per heavy atom. The van der Waals surface area contributed by atoms with Crippen molar-refractivity contribution in [3.05, 3.63) is 58.1 Å². The minimum atomic E-state index is -0.207. The Morgan fingerprint density at radius 1 is 1.16 bits per heavy atom. The molecule has 2 aromatic carbocycles. The van der Waals surface area contributed by atoms with Crippen LogP contribution in [0.4, 0.5) is 11.4 Å². The van der Waals surface area contributed by atoms with E-state index < -0.39 is 0 Å². The maximum absolute atomic E-state index is 12.3. The molecule has 4 heteroatoms. The number of nitrogens with two attached hydrogens (primary N) is 1. The van der Waals surface area contributed by atoms with Crippen molar-refractivity contribution in [1.82, 2.24) is 0 Å². The van der Waals surface area contributed by atoms with Gasteiger partial charge in [0.25, 0.3) is 5.91 Å². The van der Waals surface area contributed by atoms with E-state index in [-0.39, 0.29) is 5.91 Å². The van der Waals surface area contributed by atoms with Crippen LogP contribution in [0.25, 0.3) is 0 Å². The normalized spacial score (nSPS) is 10.3. The van der Waals surface area contributed by atoms with Gasteiger partial charge in [-0.25, -0.2) is 0 Å². The van der Waals surface area contributed by atoms with E-state index in [9.17, 15) is 4.79 Å². The Balaban J connectivity index is 2.34. The van der Waals surface area contributed by atoms with Crippen LogP contribution in [-0.2, 0) is 0 Å². The molecule has 3 N–H and O–H groups in total. The molecule has 3 nitrogen and oxygen atoms in total. The highest BCUT2D eigenvalue weighted by atomic mass is 35.5. The number of nitrogens with one attached hydrogen (secondary N) is 1. The molecule has 0 aromatic heterocycles. The van der Waals surface area contributed by atoms with Gasteiger partial charge in [-0.15, -0.1) is 0 Å². The second kappa shape index (κ2) is 5.33. The molecular weight excluding hydrogens is 260 g/mol. The molecule has 0 spiro atoms. The van der Waals surface area contributed by atoms with Crippen LogP contribution in [0.5, 0.6) is 0 Å². The van der Waals surface area contributed by atoms with Gasteiger partial charge in [-0.05, 0) is 43.2 Å². The molecule has 0 saturated carbocycles. The van der Waals surface area contributed by atoms with Crippen LogP contribution < -0.4 is 11.1 Å². The van der Waals surface area contributed by atoms with E-state index >= 15 is 0 Å². The Morgan fingerprint density at radius 3 is 2.58 bits per heavy atom. The number of hydrogen-bond donors (Lipinski definition) is 2. The minimum absolute atomic E-state index is 0.207. The molecule has 2 rings (SSSR count). The second-order valence-electron chi connectivity index (χ2n) is 4.46. The summed E-state index contributed by atoms with van der Waals surface area (Å²) in [4.78, 5) is 12.3. The summed E-state index contributed by atoms with van der Waals surface area (Å²) in [5.74, 6) is -0.207. The van der Waals surface area contributed by atoms with Gasteiger partial charge in [0.1, 0.15) is 0 Å². The van der Waals surface area contributed by atoms with E-state index in [4.69, 9.17) is 17.3 Å². The Hall–Kier alpha value is -2.00.